The Labute approximate surface area is 110 Å². The number of hydrogen-bond donors (Lipinski definition) is 1. The van der Waals surface area contributed by atoms with E-state index >= 15 is 0 Å². The van der Waals surface area contributed by atoms with Crippen molar-refractivity contribution in [1.82, 2.24) is 0 Å². The van der Waals surface area contributed by atoms with E-state index in [4.69, 9.17) is 10.2 Å². The summed E-state index contributed by atoms with van der Waals surface area (Å²) in [5, 5.41) is 10.5. The van der Waals surface area contributed by atoms with Crippen molar-refractivity contribution in [3.8, 4) is 0 Å². The normalized spacial score (nSPS) is 12.4. The lowest BCUT2D eigenvalue weighted by Crippen LogP contribution is -2.37. The van der Waals surface area contributed by atoms with Gasteiger partial charge in [0.2, 0.25) is 0 Å². The van der Waals surface area contributed by atoms with E-state index in [1.807, 2.05) is 0 Å². The number of esters is 1. The Morgan fingerprint density at radius 1 is 1.56 bits per heavy atom. The lowest BCUT2D eigenvalue weighted by Gasteiger charge is -2.26. The molecule has 0 saturated heterocycles. The Morgan fingerprint density at radius 3 is 2.50 bits per heavy atom. The maximum atomic E-state index is 11.5. The number of nitro groups is 1. The monoisotopic (exact) mass is 278 g/mol. The van der Waals surface area contributed by atoms with Crippen LogP contribution in [0.5, 0.6) is 0 Å². The van der Waals surface area contributed by atoms with Crippen LogP contribution in [0.15, 0.2) is 16.5 Å². The molecule has 102 valence electrons. The van der Waals surface area contributed by atoms with E-state index in [1.54, 1.807) is 13.8 Å². The van der Waals surface area contributed by atoms with Gasteiger partial charge in [0, 0.05) is 0 Å². The van der Waals surface area contributed by atoms with Crippen molar-refractivity contribution < 1.29 is 18.9 Å². The van der Waals surface area contributed by atoms with Crippen LogP contribution in [0.1, 0.15) is 25.6 Å². The maximum Gasteiger partial charge on any atom is 0.433 e. The van der Waals surface area contributed by atoms with Crippen LogP contribution in [-0.4, -0.2) is 18.0 Å². The standard InChI is InChI=1S/C10H14N2O5.ClH/c1-10(2,9(13)16-3)8(11)6-4-5-7(17-6)12(14)15;/h4-5,8H,11H2,1-3H3;1H/t8-;/m0./s1. The Bertz CT molecular complexity index is 443. The van der Waals surface area contributed by atoms with E-state index in [2.05, 4.69) is 4.74 Å². The first kappa shape index (κ1) is 16.4. The van der Waals surface area contributed by atoms with E-state index in [0.717, 1.165) is 0 Å². The first-order valence-corrected chi connectivity index (χ1v) is 4.88. The molecule has 18 heavy (non-hydrogen) atoms. The maximum absolute atomic E-state index is 11.5. The predicted octanol–water partition coefficient (Wildman–Crippen LogP) is 1.81. The zero-order valence-electron chi connectivity index (χ0n) is 10.2. The number of rotatable bonds is 4. The number of methoxy groups -OCH3 is 1. The molecule has 0 amide bonds. The van der Waals surface area contributed by atoms with E-state index in [1.165, 1.54) is 19.2 Å². The minimum Gasteiger partial charge on any atom is -0.469 e. The smallest absolute Gasteiger partial charge is 0.433 e. The summed E-state index contributed by atoms with van der Waals surface area (Å²) >= 11 is 0. The van der Waals surface area contributed by atoms with Crippen molar-refractivity contribution in [1.29, 1.82) is 0 Å². The molecule has 0 aliphatic rings. The molecule has 0 aliphatic heterocycles. The van der Waals surface area contributed by atoms with Gasteiger partial charge in [0.25, 0.3) is 0 Å². The fourth-order valence-electron chi connectivity index (χ4n) is 1.35. The van der Waals surface area contributed by atoms with Gasteiger partial charge in [-0.3, -0.25) is 14.9 Å². The molecule has 0 fully saturated rings. The molecule has 0 unspecified atom stereocenters. The SMILES string of the molecule is COC(=O)C(C)(C)[C@@H](N)c1ccc([N+](=O)[O-])o1.Cl. The molecular formula is C10H15ClN2O5. The van der Waals surface area contributed by atoms with Gasteiger partial charge in [0.1, 0.15) is 10.7 Å². The number of nitrogens with zero attached hydrogens (tertiary/aromatic N) is 1. The van der Waals surface area contributed by atoms with Gasteiger partial charge in [-0.1, -0.05) is 0 Å². The van der Waals surface area contributed by atoms with Gasteiger partial charge < -0.3 is 14.9 Å². The number of carbonyl (C=O) groups is 1. The summed E-state index contributed by atoms with van der Waals surface area (Å²) in [4.78, 5) is 21.3. The highest BCUT2D eigenvalue weighted by Crippen LogP contribution is 2.34. The second-order valence-corrected chi connectivity index (χ2v) is 4.12. The molecule has 0 radical (unpaired) electrons. The van der Waals surface area contributed by atoms with Gasteiger partial charge >= 0.3 is 11.9 Å². The van der Waals surface area contributed by atoms with Crippen LogP contribution >= 0.6 is 12.4 Å². The first-order valence-electron chi connectivity index (χ1n) is 4.88. The Kier molecular flexibility index (Phi) is 5.31. The number of carbonyl (C=O) groups excluding carboxylic acids is 1. The summed E-state index contributed by atoms with van der Waals surface area (Å²) in [6, 6.07) is 1.76. The topological polar surface area (TPSA) is 109 Å². The fraction of sp³-hybridized carbons (Fsp3) is 0.500. The number of hydrogen-bond acceptors (Lipinski definition) is 6. The summed E-state index contributed by atoms with van der Waals surface area (Å²) in [6.07, 6.45) is 0. The zero-order chi connectivity index (χ0) is 13.2. The van der Waals surface area contributed by atoms with E-state index < -0.39 is 28.2 Å². The van der Waals surface area contributed by atoms with Crippen LogP contribution in [0, 0.1) is 15.5 Å². The molecular weight excluding hydrogens is 264 g/mol. The molecule has 1 atom stereocenters. The number of nitrogens with two attached hydrogens (primary N) is 1. The van der Waals surface area contributed by atoms with Gasteiger partial charge in [-0.15, -0.1) is 12.4 Å². The highest BCUT2D eigenvalue weighted by Gasteiger charge is 2.38. The van der Waals surface area contributed by atoms with Crippen molar-refractivity contribution in [3.63, 3.8) is 0 Å². The summed E-state index contributed by atoms with van der Waals surface area (Å²) < 4.78 is 9.57. The van der Waals surface area contributed by atoms with Crippen molar-refractivity contribution in [2.75, 3.05) is 7.11 Å². The molecule has 0 spiro atoms. The predicted molar refractivity (Wildman–Crippen MR) is 65.3 cm³/mol. The summed E-state index contributed by atoms with van der Waals surface area (Å²) in [5.41, 5.74) is 4.82. The van der Waals surface area contributed by atoms with Crippen LogP contribution in [0.3, 0.4) is 0 Å². The lowest BCUT2D eigenvalue weighted by molar-refractivity contribution is -0.402. The third kappa shape index (κ3) is 2.99. The Morgan fingerprint density at radius 2 is 2.11 bits per heavy atom. The highest BCUT2D eigenvalue weighted by atomic mass is 35.5. The van der Waals surface area contributed by atoms with Gasteiger partial charge in [0.05, 0.1) is 24.6 Å². The molecule has 0 saturated carbocycles. The van der Waals surface area contributed by atoms with Crippen LogP contribution < -0.4 is 5.73 Å². The Hall–Kier alpha value is -1.60. The average Bonchev–Trinajstić information content (AvgIpc) is 2.75. The average molecular weight is 279 g/mol. The largest absolute Gasteiger partial charge is 0.469 e. The molecule has 1 aromatic rings. The molecule has 1 heterocycles. The lowest BCUT2D eigenvalue weighted by atomic mass is 9.83. The first-order chi connectivity index (χ1) is 7.80. The third-order valence-corrected chi connectivity index (χ3v) is 2.59. The van der Waals surface area contributed by atoms with Crippen molar-refractivity contribution in [3.05, 3.63) is 28.0 Å². The highest BCUT2D eigenvalue weighted by molar-refractivity contribution is 5.85. The second kappa shape index (κ2) is 5.83. The van der Waals surface area contributed by atoms with E-state index in [9.17, 15) is 14.9 Å². The van der Waals surface area contributed by atoms with Crippen LogP contribution in [-0.2, 0) is 9.53 Å². The Balaban J connectivity index is 0.00000289. The minimum absolute atomic E-state index is 0. The van der Waals surface area contributed by atoms with Gasteiger partial charge in [0.15, 0.2) is 0 Å². The van der Waals surface area contributed by atoms with Crippen LogP contribution in [0.25, 0.3) is 0 Å². The zero-order valence-corrected chi connectivity index (χ0v) is 11.0. The summed E-state index contributed by atoms with van der Waals surface area (Å²) in [7, 11) is 1.25. The molecule has 8 heteroatoms. The van der Waals surface area contributed by atoms with Crippen LogP contribution in [0.4, 0.5) is 5.88 Å². The number of halogens is 1. The minimum atomic E-state index is -1.03. The molecule has 2 N–H and O–H groups in total. The summed E-state index contributed by atoms with van der Waals surface area (Å²) in [5.74, 6) is -0.743. The number of furan rings is 1. The summed E-state index contributed by atoms with van der Waals surface area (Å²) in [6.45, 7) is 3.16. The number of ether oxygens (including phenoxy) is 1. The molecule has 1 rings (SSSR count). The van der Waals surface area contributed by atoms with Gasteiger partial charge in [-0.25, -0.2) is 0 Å². The van der Waals surface area contributed by atoms with Crippen molar-refractivity contribution in [2.45, 2.75) is 19.9 Å². The fourth-order valence-corrected chi connectivity index (χ4v) is 1.35. The van der Waals surface area contributed by atoms with E-state index in [0.29, 0.717) is 0 Å². The van der Waals surface area contributed by atoms with Crippen LogP contribution in [0.2, 0.25) is 0 Å². The van der Waals surface area contributed by atoms with E-state index in [-0.39, 0.29) is 18.2 Å². The molecule has 0 aromatic carbocycles. The third-order valence-electron chi connectivity index (χ3n) is 2.59. The van der Waals surface area contributed by atoms with Gasteiger partial charge in [-0.05, 0) is 19.9 Å². The molecule has 0 bridgehead atoms. The van der Waals surface area contributed by atoms with Gasteiger partial charge in [-0.2, -0.15) is 0 Å². The second-order valence-electron chi connectivity index (χ2n) is 4.12. The van der Waals surface area contributed by atoms with Crippen molar-refractivity contribution >= 4 is 24.3 Å². The molecule has 7 nitrogen and oxygen atoms in total. The molecule has 0 aliphatic carbocycles. The quantitative estimate of drug-likeness (QED) is 0.511. The van der Waals surface area contributed by atoms with Crippen molar-refractivity contribution in [2.24, 2.45) is 11.1 Å². The molecule has 1 aromatic heterocycles.